The number of rotatable bonds is 6. The van der Waals surface area contributed by atoms with E-state index in [0.29, 0.717) is 31.5 Å². The molecule has 6 nitrogen and oxygen atoms in total. The number of nitrogens with zero attached hydrogens (tertiary/aromatic N) is 1. The molecule has 1 aliphatic carbocycles. The van der Waals surface area contributed by atoms with Crippen LogP contribution < -0.4 is 15.8 Å². The predicted molar refractivity (Wildman–Crippen MR) is 60.1 cm³/mol. The van der Waals surface area contributed by atoms with Crippen molar-refractivity contribution in [3.8, 4) is 0 Å². The van der Waals surface area contributed by atoms with Crippen LogP contribution in [0.1, 0.15) is 19.3 Å². The standard InChI is InChI=1S/C8H18N4O2S/c1-15(13,14)11-6-2-5-10-8(9)12-7-3-4-7/h7,11H,2-6H2,1H3,(H3,9,10,12). The maximum atomic E-state index is 10.7. The van der Waals surface area contributed by atoms with E-state index < -0.39 is 10.0 Å². The molecule has 1 aliphatic rings. The van der Waals surface area contributed by atoms with E-state index in [1.54, 1.807) is 0 Å². The van der Waals surface area contributed by atoms with Crippen molar-refractivity contribution in [2.75, 3.05) is 19.3 Å². The molecular weight excluding hydrogens is 216 g/mol. The molecule has 88 valence electrons. The van der Waals surface area contributed by atoms with E-state index in [9.17, 15) is 8.42 Å². The average Bonchev–Trinajstić information content (AvgIpc) is 2.85. The Bertz CT molecular complexity index is 322. The molecule has 0 amide bonds. The molecule has 0 heterocycles. The summed E-state index contributed by atoms with van der Waals surface area (Å²) < 4.78 is 23.8. The van der Waals surface area contributed by atoms with Crippen LogP contribution in [0.3, 0.4) is 0 Å². The third-order valence-corrected chi connectivity index (χ3v) is 2.64. The van der Waals surface area contributed by atoms with Crippen molar-refractivity contribution in [3.63, 3.8) is 0 Å². The van der Waals surface area contributed by atoms with Crippen LogP contribution in [0, 0.1) is 0 Å². The Morgan fingerprint density at radius 1 is 1.53 bits per heavy atom. The summed E-state index contributed by atoms with van der Waals surface area (Å²) >= 11 is 0. The topological polar surface area (TPSA) is 96.6 Å². The minimum Gasteiger partial charge on any atom is -0.370 e. The molecule has 1 fully saturated rings. The van der Waals surface area contributed by atoms with Gasteiger partial charge in [0.2, 0.25) is 10.0 Å². The molecule has 1 rings (SSSR count). The lowest BCUT2D eigenvalue weighted by Crippen LogP contribution is -2.33. The molecule has 7 heteroatoms. The average molecular weight is 234 g/mol. The Hall–Kier alpha value is -0.820. The molecule has 4 N–H and O–H groups in total. The molecule has 0 atom stereocenters. The number of sulfonamides is 1. The summed E-state index contributed by atoms with van der Waals surface area (Å²) in [7, 11) is -3.08. The molecule has 0 aromatic heterocycles. The van der Waals surface area contributed by atoms with E-state index in [-0.39, 0.29) is 0 Å². The van der Waals surface area contributed by atoms with Gasteiger partial charge in [0.15, 0.2) is 5.96 Å². The van der Waals surface area contributed by atoms with Gasteiger partial charge in [0.05, 0.1) is 6.26 Å². The van der Waals surface area contributed by atoms with E-state index >= 15 is 0 Å². The van der Waals surface area contributed by atoms with Crippen molar-refractivity contribution in [3.05, 3.63) is 0 Å². The second-order valence-electron chi connectivity index (χ2n) is 3.71. The third-order valence-electron chi connectivity index (χ3n) is 1.91. The summed E-state index contributed by atoms with van der Waals surface area (Å²) in [5, 5.41) is 3.05. The Morgan fingerprint density at radius 3 is 2.73 bits per heavy atom. The fraction of sp³-hybridized carbons (Fsp3) is 0.875. The van der Waals surface area contributed by atoms with Gasteiger partial charge in [-0.3, -0.25) is 4.99 Å². The van der Waals surface area contributed by atoms with Crippen molar-refractivity contribution >= 4 is 16.0 Å². The molecule has 0 aliphatic heterocycles. The fourth-order valence-electron chi connectivity index (χ4n) is 1.02. The van der Waals surface area contributed by atoms with Gasteiger partial charge in [-0.2, -0.15) is 0 Å². The van der Waals surface area contributed by atoms with Crippen LogP contribution in [0.4, 0.5) is 0 Å². The van der Waals surface area contributed by atoms with Gasteiger partial charge < -0.3 is 11.1 Å². The Balaban J connectivity index is 2.04. The maximum absolute atomic E-state index is 10.7. The lowest BCUT2D eigenvalue weighted by Gasteiger charge is -2.03. The molecule has 0 saturated heterocycles. The van der Waals surface area contributed by atoms with E-state index in [1.807, 2.05) is 0 Å². The Labute approximate surface area is 90.4 Å². The largest absolute Gasteiger partial charge is 0.370 e. The minimum absolute atomic E-state index is 0.402. The van der Waals surface area contributed by atoms with E-state index in [0.717, 1.165) is 19.1 Å². The number of aliphatic imine (C=N–C) groups is 1. The molecular formula is C8H18N4O2S. The van der Waals surface area contributed by atoms with E-state index in [2.05, 4.69) is 15.0 Å². The molecule has 0 aromatic carbocycles. The van der Waals surface area contributed by atoms with Crippen LogP contribution >= 0.6 is 0 Å². The molecule has 1 saturated carbocycles. The van der Waals surface area contributed by atoms with Gasteiger partial charge >= 0.3 is 0 Å². The summed E-state index contributed by atoms with van der Waals surface area (Å²) in [6.45, 7) is 0.938. The summed E-state index contributed by atoms with van der Waals surface area (Å²) in [6, 6.07) is 0.503. The maximum Gasteiger partial charge on any atom is 0.208 e. The highest BCUT2D eigenvalue weighted by Crippen LogP contribution is 2.17. The number of guanidine groups is 1. The molecule has 0 aromatic rings. The van der Waals surface area contributed by atoms with Gasteiger partial charge in [0.1, 0.15) is 0 Å². The van der Waals surface area contributed by atoms with Crippen molar-refractivity contribution in [2.24, 2.45) is 10.7 Å². The first-order valence-electron chi connectivity index (χ1n) is 4.98. The Morgan fingerprint density at radius 2 is 2.20 bits per heavy atom. The number of hydrogen-bond donors (Lipinski definition) is 3. The molecule has 0 unspecified atom stereocenters. The third kappa shape index (κ3) is 7.15. The zero-order valence-corrected chi connectivity index (χ0v) is 9.68. The minimum atomic E-state index is -3.08. The highest BCUT2D eigenvalue weighted by atomic mass is 32.2. The van der Waals surface area contributed by atoms with Gasteiger partial charge in [0, 0.05) is 19.1 Å². The van der Waals surface area contributed by atoms with Crippen LogP contribution in [0.25, 0.3) is 0 Å². The van der Waals surface area contributed by atoms with Gasteiger partial charge in [0.25, 0.3) is 0 Å². The highest BCUT2D eigenvalue weighted by Gasteiger charge is 2.21. The first kappa shape index (κ1) is 12.3. The lowest BCUT2D eigenvalue weighted by molar-refractivity contribution is 0.586. The van der Waals surface area contributed by atoms with Crippen molar-refractivity contribution < 1.29 is 8.42 Å². The van der Waals surface area contributed by atoms with Crippen molar-refractivity contribution in [1.82, 2.24) is 10.0 Å². The van der Waals surface area contributed by atoms with Crippen LogP contribution in [0.15, 0.2) is 4.99 Å². The first-order chi connectivity index (χ1) is 6.97. The number of nitrogens with one attached hydrogen (secondary N) is 2. The van der Waals surface area contributed by atoms with Gasteiger partial charge in [-0.1, -0.05) is 0 Å². The Kier molecular flexibility index (Phi) is 4.34. The van der Waals surface area contributed by atoms with Crippen LogP contribution in [-0.2, 0) is 10.0 Å². The summed E-state index contributed by atoms with van der Waals surface area (Å²) in [6.07, 6.45) is 4.11. The molecule has 0 radical (unpaired) electrons. The summed E-state index contributed by atoms with van der Waals surface area (Å²) in [4.78, 5) is 4.07. The van der Waals surface area contributed by atoms with Gasteiger partial charge in [-0.05, 0) is 19.3 Å². The fourth-order valence-corrected chi connectivity index (χ4v) is 1.53. The smallest absolute Gasteiger partial charge is 0.208 e. The zero-order valence-electron chi connectivity index (χ0n) is 8.86. The number of nitrogens with two attached hydrogens (primary N) is 1. The normalized spacial score (nSPS) is 17.8. The second kappa shape index (κ2) is 5.32. The van der Waals surface area contributed by atoms with E-state index in [4.69, 9.17) is 5.73 Å². The van der Waals surface area contributed by atoms with Gasteiger partial charge in [-0.25, -0.2) is 13.1 Å². The number of hydrogen-bond acceptors (Lipinski definition) is 3. The molecule has 0 spiro atoms. The molecule has 0 bridgehead atoms. The van der Waals surface area contributed by atoms with Crippen LogP contribution in [0.2, 0.25) is 0 Å². The quantitative estimate of drug-likeness (QED) is 0.312. The lowest BCUT2D eigenvalue weighted by atomic mass is 10.4. The van der Waals surface area contributed by atoms with Gasteiger partial charge in [-0.15, -0.1) is 0 Å². The molecule has 15 heavy (non-hydrogen) atoms. The summed E-state index contributed by atoms with van der Waals surface area (Å²) in [5.74, 6) is 0.455. The summed E-state index contributed by atoms with van der Waals surface area (Å²) in [5.41, 5.74) is 5.58. The van der Waals surface area contributed by atoms with E-state index in [1.165, 1.54) is 0 Å². The van der Waals surface area contributed by atoms with Crippen molar-refractivity contribution in [2.45, 2.75) is 25.3 Å². The van der Waals surface area contributed by atoms with Crippen molar-refractivity contribution in [1.29, 1.82) is 0 Å². The second-order valence-corrected chi connectivity index (χ2v) is 5.54. The highest BCUT2D eigenvalue weighted by molar-refractivity contribution is 7.88. The SMILES string of the molecule is CS(=O)(=O)NCCCN=C(N)NC1CC1. The van der Waals surface area contributed by atoms with Crippen LogP contribution in [-0.4, -0.2) is 39.8 Å². The predicted octanol–water partition coefficient (Wildman–Crippen LogP) is -1.01. The van der Waals surface area contributed by atoms with Crippen LogP contribution in [0.5, 0.6) is 0 Å². The first-order valence-corrected chi connectivity index (χ1v) is 6.87. The zero-order chi connectivity index (χ0) is 11.3. The monoisotopic (exact) mass is 234 g/mol.